The molecule has 1 heterocycles. The second-order valence-electron chi connectivity index (χ2n) is 5.77. The van der Waals surface area contributed by atoms with Crippen molar-refractivity contribution in [2.75, 3.05) is 17.7 Å². The fourth-order valence-electron chi connectivity index (χ4n) is 2.42. The van der Waals surface area contributed by atoms with E-state index in [0.29, 0.717) is 27.7 Å². The Bertz CT molecular complexity index is 1080. The second kappa shape index (κ2) is 9.30. The number of hydrogen-bond donors (Lipinski definition) is 2. The van der Waals surface area contributed by atoms with Gasteiger partial charge in [0, 0.05) is 22.8 Å². The molecule has 3 rings (SSSR count). The van der Waals surface area contributed by atoms with Gasteiger partial charge in [-0.1, -0.05) is 12.1 Å². The molecular formula is C21H16N4O3S. The Morgan fingerprint density at radius 2 is 1.97 bits per heavy atom. The zero-order valence-electron chi connectivity index (χ0n) is 15.4. The maximum atomic E-state index is 12.4. The van der Waals surface area contributed by atoms with Gasteiger partial charge >= 0.3 is 0 Å². The van der Waals surface area contributed by atoms with Crippen molar-refractivity contribution in [1.29, 1.82) is 5.26 Å². The molecule has 1 aromatic heterocycles. The van der Waals surface area contributed by atoms with E-state index in [-0.39, 0.29) is 11.5 Å². The van der Waals surface area contributed by atoms with E-state index in [2.05, 4.69) is 15.6 Å². The summed E-state index contributed by atoms with van der Waals surface area (Å²) >= 11 is 1.26. The molecule has 0 aliphatic carbocycles. The summed E-state index contributed by atoms with van der Waals surface area (Å²) in [5, 5.41) is 16.8. The first-order valence-corrected chi connectivity index (χ1v) is 9.35. The Balaban J connectivity index is 1.73. The number of amides is 2. The number of benzene rings is 2. The largest absolute Gasteiger partial charge is 0.497 e. The number of thiazole rings is 1. The average Bonchev–Trinajstić information content (AvgIpc) is 3.25. The Labute approximate surface area is 171 Å². The van der Waals surface area contributed by atoms with Crippen LogP contribution >= 0.6 is 11.3 Å². The van der Waals surface area contributed by atoms with E-state index in [1.165, 1.54) is 17.4 Å². The van der Waals surface area contributed by atoms with Crippen molar-refractivity contribution in [3.63, 3.8) is 0 Å². The standard InChI is InChI=1S/C21H16N4O3S/c1-28-18-7-5-15(6-8-18)19(26)24-17-4-2-3-14(12-17)11-16(13-22)20(27)25-21-23-9-10-29-21/h2-12H,1H3,(H,24,26)(H,23,25,27)/b16-11+. The highest BCUT2D eigenvalue weighted by atomic mass is 32.1. The topological polar surface area (TPSA) is 104 Å². The number of carbonyl (C=O) groups excluding carboxylic acids is 2. The quantitative estimate of drug-likeness (QED) is 0.478. The van der Waals surface area contributed by atoms with Crippen LogP contribution in [0.3, 0.4) is 0 Å². The third kappa shape index (κ3) is 5.28. The number of aromatic nitrogens is 1. The van der Waals surface area contributed by atoms with Crippen LogP contribution in [0, 0.1) is 11.3 Å². The first kappa shape index (κ1) is 19.8. The van der Waals surface area contributed by atoms with Gasteiger partial charge in [0.2, 0.25) is 0 Å². The maximum Gasteiger partial charge on any atom is 0.268 e. The van der Waals surface area contributed by atoms with Gasteiger partial charge in [-0.15, -0.1) is 11.3 Å². The normalized spacial score (nSPS) is 10.7. The first-order valence-electron chi connectivity index (χ1n) is 8.47. The van der Waals surface area contributed by atoms with Crippen molar-refractivity contribution in [3.05, 3.63) is 76.8 Å². The van der Waals surface area contributed by atoms with Crippen LogP contribution in [0.4, 0.5) is 10.8 Å². The average molecular weight is 404 g/mol. The van der Waals surface area contributed by atoms with Crippen LogP contribution in [0.15, 0.2) is 65.7 Å². The third-order valence-electron chi connectivity index (χ3n) is 3.83. The lowest BCUT2D eigenvalue weighted by Gasteiger charge is -2.07. The van der Waals surface area contributed by atoms with E-state index in [1.807, 2.05) is 6.07 Å². The molecule has 0 aliphatic rings. The summed E-state index contributed by atoms with van der Waals surface area (Å²) in [4.78, 5) is 28.6. The number of nitrogens with one attached hydrogen (secondary N) is 2. The highest BCUT2D eigenvalue weighted by Crippen LogP contribution is 2.18. The van der Waals surface area contributed by atoms with Crippen LogP contribution in [0.5, 0.6) is 5.75 Å². The van der Waals surface area contributed by atoms with Crippen molar-refractivity contribution < 1.29 is 14.3 Å². The molecule has 0 atom stereocenters. The predicted molar refractivity (Wildman–Crippen MR) is 112 cm³/mol. The molecule has 0 aliphatic heterocycles. The summed E-state index contributed by atoms with van der Waals surface area (Å²) in [5.74, 6) is -0.167. The number of methoxy groups -OCH3 is 1. The van der Waals surface area contributed by atoms with Crippen LogP contribution in [0.25, 0.3) is 6.08 Å². The maximum absolute atomic E-state index is 12.4. The van der Waals surface area contributed by atoms with Crippen molar-refractivity contribution in [1.82, 2.24) is 4.98 Å². The lowest BCUT2D eigenvalue weighted by atomic mass is 10.1. The molecule has 0 spiro atoms. The van der Waals surface area contributed by atoms with Crippen molar-refractivity contribution >= 4 is 40.0 Å². The van der Waals surface area contributed by atoms with Crippen LogP contribution in [0.1, 0.15) is 15.9 Å². The number of rotatable bonds is 6. The molecule has 2 amide bonds. The van der Waals surface area contributed by atoms with Crippen molar-refractivity contribution in [2.24, 2.45) is 0 Å². The molecule has 29 heavy (non-hydrogen) atoms. The number of nitrogens with zero attached hydrogens (tertiary/aromatic N) is 2. The van der Waals surface area contributed by atoms with Crippen LogP contribution < -0.4 is 15.4 Å². The van der Waals surface area contributed by atoms with E-state index in [0.717, 1.165) is 0 Å². The van der Waals surface area contributed by atoms with Gasteiger partial charge in [-0.3, -0.25) is 14.9 Å². The van der Waals surface area contributed by atoms with Crippen molar-refractivity contribution in [2.45, 2.75) is 0 Å². The molecule has 0 saturated carbocycles. The molecule has 2 aromatic carbocycles. The monoisotopic (exact) mass is 404 g/mol. The van der Waals surface area contributed by atoms with E-state index >= 15 is 0 Å². The molecule has 3 aromatic rings. The molecule has 144 valence electrons. The van der Waals surface area contributed by atoms with Gasteiger partial charge < -0.3 is 10.1 Å². The second-order valence-corrected chi connectivity index (χ2v) is 6.66. The Kier molecular flexibility index (Phi) is 6.35. The molecule has 0 bridgehead atoms. The molecule has 8 heteroatoms. The Morgan fingerprint density at radius 1 is 1.17 bits per heavy atom. The molecule has 7 nitrogen and oxygen atoms in total. The minimum absolute atomic E-state index is 0.0705. The molecule has 0 unspecified atom stereocenters. The summed E-state index contributed by atoms with van der Waals surface area (Å²) < 4.78 is 5.08. The SMILES string of the molecule is COc1ccc(C(=O)Nc2cccc(/C=C(\C#N)C(=O)Nc3nccs3)c2)cc1. The smallest absolute Gasteiger partial charge is 0.268 e. The summed E-state index contributed by atoms with van der Waals surface area (Å²) in [6.07, 6.45) is 3.01. The van der Waals surface area contributed by atoms with Gasteiger partial charge in [-0.05, 0) is 48.0 Å². The van der Waals surface area contributed by atoms with Gasteiger partial charge in [0.15, 0.2) is 5.13 Å². The third-order valence-corrected chi connectivity index (χ3v) is 4.51. The van der Waals surface area contributed by atoms with Gasteiger partial charge in [0.1, 0.15) is 17.4 Å². The van der Waals surface area contributed by atoms with Gasteiger partial charge in [0.05, 0.1) is 7.11 Å². The van der Waals surface area contributed by atoms with Gasteiger partial charge in [-0.2, -0.15) is 5.26 Å². The zero-order chi connectivity index (χ0) is 20.6. The minimum atomic E-state index is -0.546. The van der Waals surface area contributed by atoms with Crippen LogP contribution in [0.2, 0.25) is 0 Å². The molecule has 0 radical (unpaired) electrons. The fraction of sp³-hybridized carbons (Fsp3) is 0.0476. The van der Waals surface area contributed by atoms with Gasteiger partial charge in [0.25, 0.3) is 11.8 Å². The summed E-state index contributed by atoms with van der Waals surface area (Å²) in [6, 6.07) is 15.5. The lowest BCUT2D eigenvalue weighted by Crippen LogP contribution is -2.13. The van der Waals surface area contributed by atoms with Crippen molar-refractivity contribution in [3.8, 4) is 11.8 Å². The molecular weight excluding hydrogens is 388 g/mol. The number of anilines is 2. The summed E-state index contributed by atoms with van der Waals surface area (Å²) in [7, 11) is 1.56. The Hall–Kier alpha value is -3.96. The van der Waals surface area contributed by atoms with Crippen LogP contribution in [-0.4, -0.2) is 23.9 Å². The number of carbonyl (C=O) groups is 2. The van der Waals surface area contributed by atoms with E-state index in [9.17, 15) is 14.9 Å². The highest BCUT2D eigenvalue weighted by molar-refractivity contribution is 7.13. The molecule has 0 saturated heterocycles. The van der Waals surface area contributed by atoms with E-state index in [4.69, 9.17) is 4.74 Å². The number of hydrogen-bond acceptors (Lipinski definition) is 6. The summed E-state index contributed by atoms with van der Waals surface area (Å²) in [5.41, 5.74) is 1.55. The Morgan fingerprint density at radius 3 is 2.62 bits per heavy atom. The highest BCUT2D eigenvalue weighted by Gasteiger charge is 2.11. The minimum Gasteiger partial charge on any atom is -0.497 e. The van der Waals surface area contributed by atoms with E-state index < -0.39 is 5.91 Å². The summed E-state index contributed by atoms with van der Waals surface area (Å²) in [6.45, 7) is 0. The molecule has 0 fully saturated rings. The van der Waals surface area contributed by atoms with E-state index in [1.54, 1.807) is 67.2 Å². The molecule has 2 N–H and O–H groups in total. The first-order chi connectivity index (χ1) is 14.1. The van der Waals surface area contributed by atoms with Crippen LogP contribution in [-0.2, 0) is 4.79 Å². The predicted octanol–water partition coefficient (Wildman–Crippen LogP) is 3.95. The number of nitriles is 1. The van der Waals surface area contributed by atoms with Gasteiger partial charge in [-0.25, -0.2) is 4.98 Å². The zero-order valence-corrected chi connectivity index (χ0v) is 16.2. The lowest BCUT2D eigenvalue weighted by molar-refractivity contribution is -0.112. The fourth-order valence-corrected chi connectivity index (χ4v) is 2.94. The number of ether oxygens (including phenoxy) is 1.